The van der Waals surface area contributed by atoms with E-state index in [1.165, 1.54) is 29.1 Å². The van der Waals surface area contributed by atoms with E-state index in [-0.39, 0.29) is 0 Å². The molecule has 1 atom stereocenters. The fourth-order valence-electron chi connectivity index (χ4n) is 4.51. The van der Waals surface area contributed by atoms with Crippen LogP contribution in [0.2, 0.25) is 0 Å². The van der Waals surface area contributed by atoms with E-state index in [1.807, 2.05) is 40.1 Å². The third-order valence-corrected chi connectivity index (χ3v) is 7.08. The highest BCUT2D eigenvalue weighted by molar-refractivity contribution is 7.10. The summed E-state index contributed by atoms with van der Waals surface area (Å²) in [7, 11) is 0. The van der Waals surface area contributed by atoms with Crippen LogP contribution in [0.5, 0.6) is 0 Å². The number of aromatic amines is 1. The summed E-state index contributed by atoms with van der Waals surface area (Å²) in [6.07, 6.45) is 8.32. The van der Waals surface area contributed by atoms with Gasteiger partial charge in [-0.05, 0) is 29.7 Å². The van der Waals surface area contributed by atoms with Crippen molar-refractivity contribution in [2.75, 3.05) is 18.1 Å². The Kier molecular flexibility index (Phi) is 4.57. The van der Waals surface area contributed by atoms with Crippen molar-refractivity contribution in [1.29, 1.82) is 0 Å². The summed E-state index contributed by atoms with van der Waals surface area (Å²) in [4.78, 5) is 21.4. The third kappa shape index (κ3) is 2.85. The first kappa shape index (κ1) is 20.2. The van der Waals surface area contributed by atoms with E-state index in [1.54, 1.807) is 24.7 Å². The summed E-state index contributed by atoms with van der Waals surface area (Å²) in [5, 5.41) is 8.91. The molecule has 0 aromatic carbocycles. The minimum Gasteiger partial charge on any atom is -0.463 e. The first-order valence-electron chi connectivity index (χ1n) is 10.7. The second kappa shape index (κ2) is 7.92. The summed E-state index contributed by atoms with van der Waals surface area (Å²) in [6, 6.07) is 8.04. The molecule has 0 saturated carbocycles. The lowest BCUT2D eigenvalue weighted by Crippen LogP contribution is -2.55. The van der Waals surface area contributed by atoms with E-state index in [0.717, 1.165) is 16.5 Å². The maximum absolute atomic E-state index is 6.08. The Balaban J connectivity index is 1.65. The van der Waals surface area contributed by atoms with Gasteiger partial charge in [0.2, 0.25) is 11.6 Å². The average Bonchev–Trinajstić information content (AvgIpc) is 3.71. The number of nitrogens with one attached hydrogen (secondary N) is 1. The zero-order valence-corrected chi connectivity index (χ0v) is 19.6. The molecule has 1 unspecified atom stereocenters. The summed E-state index contributed by atoms with van der Waals surface area (Å²) in [6.45, 7) is 0.970. The maximum atomic E-state index is 6.08. The van der Waals surface area contributed by atoms with E-state index < -0.39 is 5.66 Å². The van der Waals surface area contributed by atoms with Gasteiger partial charge in [0.1, 0.15) is 52.7 Å². The molecule has 0 aliphatic carbocycles. The van der Waals surface area contributed by atoms with Gasteiger partial charge in [0.25, 0.3) is 6.02 Å². The van der Waals surface area contributed by atoms with Crippen LogP contribution in [-0.2, 0) is 10.4 Å². The van der Waals surface area contributed by atoms with E-state index in [2.05, 4.69) is 25.0 Å². The monoisotopic (exact) mass is 504 g/mol. The number of thiazole rings is 1. The molecular weight excluding hydrogens is 488 g/mol. The normalized spacial score (nSPS) is 20.1. The smallest absolute Gasteiger partial charge is 0.294 e. The lowest BCUT2D eigenvalue weighted by atomic mass is 10.0. The fraction of sp³-hybridized carbons (Fsp3) is 0.136. The third-order valence-electron chi connectivity index (χ3n) is 5.74. The van der Waals surface area contributed by atoms with E-state index >= 15 is 0 Å². The van der Waals surface area contributed by atoms with Gasteiger partial charge in [0.15, 0.2) is 0 Å². The Morgan fingerprint density at radius 1 is 1.03 bits per heavy atom. The maximum Gasteiger partial charge on any atom is 0.294 e. The van der Waals surface area contributed by atoms with Gasteiger partial charge in [0, 0.05) is 29.2 Å². The minimum absolute atomic E-state index is 0.378. The van der Waals surface area contributed by atoms with Crippen molar-refractivity contribution < 1.29 is 13.7 Å². The number of amidine groups is 1. The van der Waals surface area contributed by atoms with Crippen molar-refractivity contribution in [2.24, 2.45) is 4.99 Å². The second-order valence-corrected chi connectivity index (χ2v) is 9.11. The fourth-order valence-corrected chi connectivity index (χ4v) is 5.73. The minimum atomic E-state index is -1.24. The second-order valence-electron chi connectivity index (χ2n) is 7.55. The molecule has 0 amide bonds. The van der Waals surface area contributed by atoms with Gasteiger partial charge in [-0.15, -0.1) is 11.3 Å². The van der Waals surface area contributed by atoms with Crippen LogP contribution < -0.4 is 4.90 Å². The number of H-pyrrole nitrogens is 1. The molecule has 0 spiro atoms. The van der Waals surface area contributed by atoms with E-state index in [9.17, 15) is 0 Å². The number of aromatic nitrogens is 5. The van der Waals surface area contributed by atoms with Crippen molar-refractivity contribution in [3.8, 4) is 0 Å². The molecule has 0 saturated heterocycles. The average molecular weight is 505 g/mol. The van der Waals surface area contributed by atoms with Crippen LogP contribution >= 0.6 is 22.9 Å². The molecule has 2 aliphatic heterocycles. The van der Waals surface area contributed by atoms with Crippen molar-refractivity contribution in [3.05, 3.63) is 88.4 Å². The Morgan fingerprint density at radius 2 is 2.03 bits per heavy atom. The molecule has 0 bridgehead atoms. The SMILES string of the molecule is c1c[nH]c(N2C(c3nccs3)=C(c3ccon3)N(C3=NCCO3)C2(c2ccsn2)c2ncco2)c1. The van der Waals surface area contributed by atoms with E-state index in [4.69, 9.17) is 23.0 Å². The van der Waals surface area contributed by atoms with Crippen molar-refractivity contribution in [1.82, 2.24) is 29.4 Å². The van der Waals surface area contributed by atoms with Gasteiger partial charge < -0.3 is 18.7 Å². The van der Waals surface area contributed by atoms with E-state index in [0.29, 0.717) is 42.1 Å². The first-order chi connectivity index (χ1) is 17.4. The molecule has 35 heavy (non-hydrogen) atoms. The molecule has 174 valence electrons. The molecule has 5 aromatic rings. The molecule has 13 heteroatoms. The summed E-state index contributed by atoms with van der Waals surface area (Å²) < 4.78 is 22.2. The number of aliphatic imine (C=N–C) groups is 1. The number of nitrogens with zero attached hydrogens (tertiary/aromatic N) is 7. The highest BCUT2D eigenvalue weighted by Crippen LogP contribution is 2.56. The van der Waals surface area contributed by atoms with Crippen molar-refractivity contribution in [3.63, 3.8) is 0 Å². The summed E-state index contributed by atoms with van der Waals surface area (Å²) >= 11 is 2.84. The van der Waals surface area contributed by atoms with Gasteiger partial charge in [-0.2, -0.15) is 4.37 Å². The predicted octanol–water partition coefficient (Wildman–Crippen LogP) is 3.84. The number of ether oxygens (including phenoxy) is 1. The van der Waals surface area contributed by atoms with Gasteiger partial charge in [-0.1, -0.05) is 5.16 Å². The molecule has 0 fully saturated rings. The highest BCUT2D eigenvalue weighted by atomic mass is 32.1. The highest BCUT2D eigenvalue weighted by Gasteiger charge is 2.63. The zero-order chi connectivity index (χ0) is 23.2. The van der Waals surface area contributed by atoms with Gasteiger partial charge in [0.05, 0.1) is 12.7 Å². The van der Waals surface area contributed by atoms with Crippen LogP contribution in [0, 0.1) is 0 Å². The molecule has 1 N–H and O–H groups in total. The Bertz CT molecular complexity index is 1440. The number of anilines is 1. The quantitative estimate of drug-likeness (QED) is 0.380. The first-order valence-corrected chi connectivity index (χ1v) is 12.4. The largest absolute Gasteiger partial charge is 0.463 e. The summed E-state index contributed by atoms with van der Waals surface area (Å²) in [5.41, 5.74) is 1.43. The van der Waals surface area contributed by atoms with Crippen LogP contribution in [0.15, 0.2) is 80.1 Å². The summed E-state index contributed by atoms with van der Waals surface area (Å²) in [5.74, 6) is 1.15. The molecule has 7 rings (SSSR count). The Hall–Kier alpha value is -4.23. The molecule has 5 aromatic heterocycles. The topological polar surface area (TPSA) is 122 Å². The Morgan fingerprint density at radius 3 is 2.69 bits per heavy atom. The van der Waals surface area contributed by atoms with Gasteiger partial charge in [-0.3, -0.25) is 9.80 Å². The molecular formula is C22H16N8O3S2. The van der Waals surface area contributed by atoms with Gasteiger partial charge in [-0.25, -0.2) is 15.0 Å². The van der Waals surface area contributed by atoms with Crippen LogP contribution in [0.25, 0.3) is 11.4 Å². The van der Waals surface area contributed by atoms with Crippen molar-refractivity contribution in [2.45, 2.75) is 5.66 Å². The molecule has 11 nitrogen and oxygen atoms in total. The standard InChI is InChI=1S/C22H16N8O3S2/c1-2-16(23-5-1)29-18(19-24-8-13-34-19)17(14-3-9-33-27-14)30(21-26-7-11-32-21)22(29,15-4-12-35-28-15)20-25-6-10-31-20/h1-6,8-10,12-13,23H,7,11H2. The molecule has 2 aliphatic rings. The zero-order valence-electron chi connectivity index (χ0n) is 17.9. The lowest BCUT2D eigenvalue weighted by molar-refractivity contribution is 0.202. The van der Waals surface area contributed by atoms with Crippen LogP contribution in [0.3, 0.4) is 0 Å². The number of hydrogen-bond donors (Lipinski definition) is 1. The van der Waals surface area contributed by atoms with Crippen LogP contribution in [0.4, 0.5) is 5.82 Å². The number of oxazole rings is 1. The lowest BCUT2D eigenvalue weighted by Gasteiger charge is -2.41. The van der Waals surface area contributed by atoms with Crippen molar-refractivity contribution >= 4 is 46.1 Å². The predicted molar refractivity (Wildman–Crippen MR) is 128 cm³/mol. The van der Waals surface area contributed by atoms with Gasteiger partial charge >= 0.3 is 0 Å². The Labute approximate surface area is 206 Å². The molecule has 7 heterocycles. The van der Waals surface area contributed by atoms with Crippen LogP contribution in [0.1, 0.15) is 22.3 Å². The van der Waals surface area contributed by atoms with Crippen LogP contribution in [-0.4, -0.2) is 48.6 Å². The number of rotatable bonds is 5. The molecule has 0 radical (unpaired) electrons. The number of hydrogen-bond acceptors (Lipinski definition) is 12.